The van der Waals surface area contributed by atoms with Crippen LogP contribution in [0.4, 0.5) is 13.6 Å². The fraction of sp³-hybridized carbons (Fsp3) is 0.393. The van der Waals surface area contributed by atoms with Crippen molar-refractivity contribution < 1.29 is 27.8 Å². The van der Waals surface area contributed by atoms with E-state index in [-0.39, 0.29) is 23.4 Å². The fourth-order valence-electron chi connectivity index (χ4n) is 4.81. The van der Waals surface area contributed by atoms with E-state index < -0.39 is 35.3 Å². The van der Waals surface area contributed by atoms with Crippen molar-refractivity contribution >= 4 is 17.4 Å². The van der Waals surface area contributed by atoms with E-state index in [0.29, 0.717) is 48.8 Å². The van der Waals surface area contributed by atoms with Crippen molar-refractivity contribution in [2.75, 3.05) is 19.7 Å². The number of amides is 1. The van der Waals surface area contributed by atoms with Gasteiger partial charge in [-0.2, -0.15) is 10.4 Å². The number of nitrogens with zero attached hydrogens (tertiary/aromatic N) is 8. The summed E-state index contributed by atoms with van der Waals surface area (Å²) in [6.07, 6.45) is 4.75. The molecule has 0 saturated carbocycles. The summed E-state index contributed by atoms with van der Waals surface area (Å²) in [5.41, 5.74) is 1.22. The fourth-order valence-corrected chi connectivity index (χ4v) is 4.81. The molecule has 1 aliphatic rings. The summed E-state index contributed by atoms with van der Waals surface area (Å²) >= 11 is 0. The first-order chi connectivity index (χ1) is 19.9. The largest absolute Gasteiger partial charge is 0.483 e. The Morgan fingerprint density at radius 1 is 1.17 bits per heavy atom. The Morgan fingerprint density at radius 2 is 1.90 bits per heavy atom. The molecule has 4 aromatic rings. The number of nitriles is 1. The number of piperidine rings is 1. The summed E-state index contributed by atoms with van der Waals surface area (Å²) < 4.78 is 41.8. The van der Waals surface area contributed by atoms with Gasteiger partial charge in [-0.05, 0) is 46.6 Å². The lowest BCUT2D eigenvalue weighted by molar-refractivity contribution is 0.0183. The number of Topliss-reactive ketones (excluding diaryl/α,β-unsaturated/α-hetero) is 1. The van der Waals surface area contributed by atoms with E-state index in [0.717, 1.165) is 11.9 Å². The lowest BCUT2D eigenvalue weighted by Gasteiger charge is -2.33. The monoisotopic (exact) mass is 578 g/mol. The van der Waals surface area contributed by atoms with E-state index in [1.54, 1.807) is 17.2 Å². The Morgan fingerprint density at radius 3 is 2.57 bits per heavy atom. The third kappa shape index (κ3) is 5.76. The standard InChI is InChI=1S/C28H28F2N8O4/c1-16-24(34-35-38(16)20-5-7-36(8-6-20)27(40)42-28(2,3)4)17-9-23(26-18(11-31)12-33-37(26)14-17)41-15-22(39)25-21(30)10-19(29)13-32-25/h9-10,12-14,20H,5-8,15H2,1-4H3. The molecule has 0 unspecified atom stereocenters. The van der Waals surface area contributed by atoms with Crippen LogP contribution in [0.25, 0.3) is 16.8 Å². The maximum atomic E-state index is 14.1. The van der Waals surface area contributed by atoms with Gasteiger partial charge in [0, 0.05) is 30.9 Å². The molecule has 0 radical (unpaired) electrons. The first kappa shape index (κ1) is 28.6. The van der Waals surface area contributed by atoms with Crippen LogP contribution in [0.3, 0.4) is 0 Å². The first-order valence-electron chi connectivity index (χ1n) is 13.2. The summed E-state index contributed by atoms with van der Waals surface area (Å²) in [6.45, 7) is 7.77. The van der Waals surface area contributed by atoms with Crippen LogP contribution in [0.1, 0.15) is 61.4 Å². The minimum Gasteiger partial charge on any atom is -0.483 e. The molecule has 42 heavy (non-hydrogen) atoms. The smallest absolute Gasteiger partial charge is 0.410 e. The van der Waals surface area contributed by atoms with Gasteiger partial charge in [0.25, 0.3) is 0 Å². The highest BCUT2D eigenvalue weighted by atomic mass is 19.1. The van der Waals surface area contributed by atoms with Crippen molar-refractivity contribution in [3.63, 3.8) is 0 Å². The number of carbonyl (C=O) groups excluding carboxylic acids is 2. The normalized spacial score (nSPS) is 14.2. The Labute approximate surface area is 239 Å². The molecule has 1 saturated heterocycles. The predicted octanol–water partition coefficient (Wildman–Crippen LogP) is 4.28. The third-order valence-corrected chi connectivity index (χ3v) is 6.79. The molecule has 0 bridgehead atoms. The van der Waals surface area contributed by atoms with E-state index in [4.69, 9.17) is 9.47 Å². The zero-order chi connectivity index (χ0) is 30.2. The second kappa shape index (κ2) is 11.2. The molecule has 0 N–H and O–H groups in total. The zero-order valence-electron chi connectivity index (χ0n) is 23.5. The molecule has 0 aromatic carbocycles. The molecule has 4 aromatic heterocycles. The van der Waals surface area contributed by atoms with Crippen molar-refractivity contribution in [3.05, 3.63) is 59.3 Å². The molecule has 5 rings (SSSR count). The van der Waals surface area contributed by atoms with Gasteiger partial charge < -0.3 is 14.4 Å². The first-order valence-corrected chi connectivity index (χ1v) is 13.2. The minimum absolute atomic E-state index is 0.00927. The van der Waals surface area contributed by atoms with Crippen molar-refractivity contribution in [2.45, 2.75) is 52.2 Å². The Balaban J connectivity index is 1.38. The van der Waals surface area contributed by atoms with E-state index >= 15 is 0 Å². The Hall–Kier alpha value is -4.93. The Kier molecular flexibility index (Phi) is 7.59. The lowest BCUT2D eigenvalue weighted by Crippen LogP contribution is -2.42. The molecule has 1 fully saturated rings. The van der Waals surface area contributed by atoms with Crippen LogP contribution in [0, 0.1) is 29.9 Å². The molecule has 218 valence electrons. The van der Waals surface area contributed by atoms with Gasteiger partial charge in [0.1, 0.15) is 45.7 Å². The SMILES string of the molecule is Cc1c(-c2cc(OCC(=O)c3ncc(F)cc3F)c3c(C#N)cnn3c2)nnn1C1CCN(C(=O)OC(C)(C)C)CC1. The predicted molar refractivity (Wildman–Crippen MR) is 144 cm³/mol. The summed E-state index contributed by atoms with van der Waals surface area (Å²) in [4.78, 5) is 30.3. The quantitative estimate of drug-likeness (QED) is 0.307. The summed E-state index contributed by atoms with van der Waals surface area (Å²) in [6, 6.07) is 4.21. The number of pyridine rings is 2. The number of ketones is 1. The van der Waals surface area contributed by atoms with Gasteiger partial charge in [0.05, 0.1) is 24.1 Å². The number of rotatable bonds is 6. The van der Waals surface area contributed by atoms with Crippen LogP contribution in [-0.2, 0) is 4.74 Å². The van der Waals surface area contributed by atoms with Crippen LogP contribution in [0.5, 0.6) is 5.75 Å². The summed E-state index contributed by atoms with van der Waals surface area (Å²) in [7, 11) is 0. The summed E-state index contributed by atoms with van der Waals surface area (Å²) in [5, 5.41) is 22.6. The van der Waals surface area contributed by atoms with Crippen molar-refractivity contribution in [2.24, 2.45) is 0 Å². The van der Waals surface area contributed by atoms with Gasteiger partial charge >= 0.3 is 6.09 Å². The second-order valence-corrected chi connectivity index (χ2v) is 10.9. The highest BCUT2D eigenvalue weighted by Gasteiger charge is 2.29. The van der Waals surface area contributed by atoms with Crippen molar-refractivity contribution in [1.29, 1.82) is 5.26 Å². The van der Waals surface area contributed by atoms with Gasteiger partial charge in [-0.25, -0.2) is 27.8 Å². The maximum Gasteiger partial charge on any atom is 0.410 e. The van der Waals surface area contributed by atoms with E-state index in [2.05, 4.69) is 20.4 Å². The van der Waals surface area contributed by atoms with Gasteiger partial charge in [0.2, 0.25) is 5.78 Å². The molecule has 1 amide bonds. The van der Waals surface area contributed by atoms with Gasteiger partial charge in [0.15, 0.2) is 12.4 Å². The molecule has 0 atom stereocenters. The van der Waals surface area contributed by atoms with Crippen molar-refractivity contribution in [3.8, 4) is 23.1 Å². The highest BCUT2D eigenvalue weighted by molar-refractivity contribution is 5.95. The number of likely N-dealkylation sites (tertiary alicyclic amines) is 1. The molecule has 12 nitrogen and oxygen atoms in total. The lowest BCUT2D eigenvalue weighted by atomic mass is 10.0. The molecular formula is C28H28F2N8O4. The third-order valence-electron chi connectivity index (χ3n) is 6.79. The molecule has 1 aliphatic heterocycles. The number of hydrogen-bond acceptors (Lipinski definition) is 9. The van der Waals surface area contributed by atoms with E-state index in [1.807, 2.05) is 38.4 Å². The molecule has 0 spiro atoms. The second-order valence-electron chi connectivity index (χ2n) is 10.9. The van der Waals surface area contributed by atoms with Gasteiger partial charge in [-0.3, -0.25) is 4.79 Å². The molecule has 5 heterocycles. The molecule has 0 aliphatic carbocycles. The van der Waals surface area contributed by atoms with E-state index in [1.165, 1.54) is 10.7 Å². The van der Waals surface area contributed by atoms with Crippen LogP contribution in [0.15, 0.2) is 30.7 Å². The molecule has 14 heteroatoms. The minimum atomic E-state index is -1.10. The number of carbonyl (C=O) groups is 2. The highest BCUT2D eigenvalue weighted by Crippen LogP contribution is 2.33. The average Bonchev–Trinajstić information content (AvgIpc) is 3.53. The number of hydrogen-bond donors (Lipinski definition) is 0. The van der Waals surface area contributed by atoms with Gasteiger partial charge in [-0.15, -0.1) is 5.10 Å². The van der Waals surface area contributed by atoms with Crippen LogP contribution < -0.4 is 4.74 Å². The topological polar surface area (TPSA) is 141 Å². The van der Waals surface area contributed by atoms with Crippen LogP contribution in [-0.4, -0.2) is 71.7 Å². The van der Waals surface area contributed by atoms with Crippen LogP contribution in [0.2, 0.25) is 0 Å². The Bertz CT molecular complexity index is 1710. The van der Waals surface area contributed by atoms with Crippen molar-refractivity contribution in [1.82, 2.24) is 34.5 Å². The molecular weight excluding hydrogens is 550 g/mol. The number of fused-ring (bicyclic) bond motifs is 1. The summed E-state index contributed by atoms with van der Waals surface area (Å²) in [5.74, 6) is -2.69. The van der Waals surface area contributed by atoms with E-state index in [9.17, 15) is 23.6 Å². The zero-order valence-corrected chi connectivity index (χ0v) is 23.5. The number of ether oxygens (including phenoxy) is 2. The van der Waals surface area contributed by atoms with Crippen LogP contribution >= 0.6 is 0 Å². The van der Waals surface area contributed by atoms with Gasteiger partial charge in [-0.1, -0.05) is 5.21 Å². The maximum absolute atomic E-state index is 14.1. The average molecular weight is 579 g/mol. The number of aromatic nitrogens is 6. The number of halogens is 2.